The molecule has 2 nitrogen and oxygen atoms in total. The van der Waals surface area contributed by atoms with E-state index in [1.54, 1.807) is 22.6 Å². The van der Waals surface area contributed by atoms with Crippen LogP contribution in [0.5, 0.6) is 11.5 Å². The van der Waals surface area contributed by atoms with E-state index in [0.717, 1.165) is 53.7 Å². The zero-order valence-electron chi connectivity index (χ0n) is 20.7. The van der Waals surface area contributed by atoms with Crippen LogP contribution in [0, 0.1) is 32.9 Å². The number of hydrogen-bond donors (Lipinski definition) is 0. The van der Waals surface area contributed by atoms with Crippen LogP contribution >= 0.6 is 64.1 Å². The molecule has 4 aromatic carbocycles. The van der Waals surface area contributed by atoms with Gasteiger partial charge in [-0.05, 0) is 64.6 Å². The molecule has 44 heavy (non-hydrogen) atoms. The molecule has 0 saturated heterocycles. The van der Waals surface area contributed by atoms with E-state index in [0.29, 0.717) is 4.47 Å². The summed E-state index contributed by atoms with van der Waals surface area (Å²) in [5.74, 6) is -3.39. The van der Waals surface area contributed by atoms with Crippen molar-refractivity contribution in [3.63, 3.8) is 0 Å². The van der Waals surface area contributed by atoms with Crippen molar-refractivity contribution in [1.82, 2.24) is 0 Å². The van der Waals surface area contributed by atoms with Gasteiger partial charge in [0, 0.05) is 14.7 Å². The molecule has 0 fully saturated rings. The van der Waals surface area contributed by atoms with Crippen LogP contribution in [0.25, 0.3) is 11.1 Å². The third-order valence-corrected chi connectivity index (χ3v) is 6.20. The number of halogens is 14. The molecule has 0 saturated carbocycles. The fraction of sp³-hybridized carbons (Fsp3) is 0.111. The summed E-state index contributed by atoms with van der Waals surface area (Å²) in [4.78, 5) is 0. The summed E-state index contributed by atoms with van der Waals surface area (Å²) in [6.45, 7) is 0. The maximum absolute atomic E-state index is 13.7. The zero-order chi connectivity index (χ0) is 33.0. The third-order valence-electron chi connectivity index (χ3n) is 4.25. The van der Waals surface area contributed by atoms with Crippen LogP contribution < -0.4 is 9.47 Å². The van der Waals surface area contributed by atoms with Gasteiger partial charge in [-0.25, -0.2) is 17.6 Å². The van der Waals surface area contributed by atoms with E-state index >= 15 is 0 Å². The third kappa shape index (κ3) is 16.1. The molecular formula is C27H16Br2ClF10IO2Zn. The molecule has 0 aliphatic carbocycles. The van der Waals surface area contributed by atoms with Crippen LogP contribution in [-0.2, 0) is 17.3 Å². The Balaban J connectivity index is 0.000000656. The van der Waals surface area contributed by atoms with Crippen molar-refractivity contribution < 1.29 is 70.7 Å². The topological polar surface area (TPSA) is 18.5 Å². The van der Waals surface area contributed by atoms with Crippen molar-refractivity contribution in [3.05, 3.63) is 115 Å². The molecule has 0 aliphatic heterocycles. The summed E-state index contributed by atoms with van der Waals surface area (Å²) < 4.78 is 131. The molecule has 0 bridgehead atoms. The van der Waals surface area contributed by atoms with Gasteiger partial charge >= 0.3 is 39.7 Å². The normalized spacial score (nSPS) is 10.5. The van der Waals surface area contributed by atoms with E-state index in [-0.39, 0.29) is 32.3 Å². The Kier molecular flexibility index (Phi) is 19.1. The van der Waals surface area contributed by atoms with E-state index < -0.39 is 41.7 Å². The van der Waals surface area contributed by atoms with Crippen molar-refractivity contribution in [3.8, 4) is 22.6 Å². The van der Waals surface area contributed by atoms with Crippen LogP contribution in [0.4, 0.5) is 43.9 Å². The quantitative estimate of drug-likeness (QED) is 0.0509. The second-order valence-electron chi connectivity index (χ2n) is 7.28. The molecule has 4 rings (SSSR count). The van der Waals surface area contributed by atoms with E-state index in [9.17, 15) is 43.9 Å². The van der Waals surface area contributed by atoms with Crippen LogP contribution in [0.3, 0.4) is 0 Å². The van der Waals surface area contributed by atoms with E-state index in [4.69, 9.17) is 9.69 Å². The standard InChI is InChI=1S/C13H6BrF5O.C7H4F3O.C6H2BrF2I.CH4.ClH.Zn/c14-8-5-10(15)12(11(16)6-8)7-1-3-9(4-2-7)20-13(17,18)19;8-7(9,10)11-6-4-2-1-3-5-6;7-3-1-4(8)6(10)5(9)2-3;;;/h1-6H;2-5H;1-2H;1H4;1H;/q;-1;;;;+2/p-1. The van der Waals surface area contributed by atoms with E-state index in [2.05, 4.69) is 47.4 Å². The Labute approximate surface area is 290 Å². The minimum absolute atomic E-state index is 0. The Bertz CT molecular complexity index is 1400. The van der Waals surface area contributed by atoms with Gasteiger partial charge in [-0.3, -0.25) is 0 Å². The number of rotatable bonds is 3. The van der Waals surface area contributed by atoms with Gasteiger partial charge in [0.15, 0.2) is 0 Å². The molecule has 236 valence electrons. The van der Waals surface area contributed by atoms with Crippen molar-refractivity contribution in [1.29, 1.82) is 0 Å². The summed E-state index contributed by atoms with van der Waals surface area (Å²) in [5.41, 5.74) is -0.200. The van der Waals surface area contributed by atoms with Gasteiger partial charge < -0.3 is 9.47 Å². The number of hydrogen-bond acceptors (Lipinski definition) is 2. The Morgan fingerprint density at radius 2 is 0.977 bits per heavy atom. The molecule has 0 heterocycles. The number of benzene rings is 4. The van der Waals surface area contributed by atoms with Crippen LogP contribution in [0.15, 0.2) is 81.7 Å². The zero-order valence-corrected chi connectivity index (χ0v) is 29.8. The second-order valence-corrected chi connectivity index (χ2v) is 10.2. The Morgan fingerprint density at radius 1 is 0.636 bits per heavy atom. The number of ether oxygens (including phenoxy) is 2. The molecule has 0 spiro atoms. The van der Waals surface area contributed by atoms with Crippen LogP contribution in [0.1, 0.15) is 7.43 Å². The molecule has 0 aliphatic rings. The molecule has 0 unspecified atom stereocenters. The summed E-state index contributed by atoms with van der Waals surface area (Å²) in [5, 5.41) is 0. The first-order valence-corrected chi connectivity index (χ1v) is 17.3. The van der Waals surface area contributed by atoms with Crippen molar-refractivity contribution in [2.45, 2.75) is 20.2 Å². The predicted octanol–water partition coefficient (Wildman–Crippen LogP) is 12.3. The summed E-state index contributed by atoms with van der Waals surface area (Å²) in [6.07, 6.45) is -9.42. The molecule has 0 aromatic heterocycles. The average Bonchev–Trinajstić information content (AvgIpc) is 2.88. The SMILES string of the molecule is C.FC(F)(F)Oc1cc[c-]cc1.Fc1cc(Br)cc(F)c1-c1ccc(OC(F)(F)F)cc1.Fc1cc(Br)cc(F)c1I.[Cl][Zn+]. The molecule has 4 aromatic rings. The van der Waals surface area contributed by atoms with Gasteiger partial charge in [-0.2, -0.15) is 18.2 Å². The van der Waals surface area contributed by atoms with E-state index in [1.807, 2.05) is 0 Å². The fourth-order valence-electron chi connectivity index (χ4n) is 2.74. The maximum atomic E-state index is 13.7. The number of alkyl halides is 6. The molecule has 0 amide bonds. The summed E-state index contributed by atoms with van der Waals surface area (Å²) in [7, 11) is 4.76. The average molecular weight is 950 g/mol. The van der Waals surface area contributed by atoms with Crippen molar-refractivity contribution >= 4 is 64.1 Å². The minimum atomic E-state index is -4.81. The molecule has 0 radical (unpaired) electrons. The van der Waals surface area contributed by atoms with Crippen molar-refractivity contribution in [2.24, 2.45) is 0 Å². The van der Waals surface area contributed by atoms with Gasteiger partial charge in [-0.15, -0.1) is 38.5 Å². The van der Waals surface area contributed by atoms with Crippen molar-refractivity contribution in [2.75, 3.05) is 0 Å². The predicted molar refractivity (Wildman–Crippen MR) is 157 cm³/mol. The van der Waals surface area contributed by atoms with Gasteiger partial charge in [0.2, 0.25) is 0 Å². The van der Waals surface area contributed by atoms with E-state index in [1.165, 1.54) is 36.4 Å². The molecule has 0 atom stereocenters. The summed E-state index contributed by atoms with van der Waals surface area (Å²) in [6, 6.07) is 16.5. The summed E-state index contributed by atoms with van der Waals surface area (Å²) >= 11 is 8.36. The second kappa shape index (κ2) is 19.8. The van der Waals surface area contributed by atoms with Gasteiger partial charge in [0.05, 0.1) is 9.13 Å². The van der Waals surface area contributed by atoms with Gasteiger partial charge in [-0.1, -0.05) is 51.4 Å². The van der Waals surface area contributed by atoms with Gasteiger partial charge in [0.25, 0.3) is 0 Å². The Morgan fingerprint density at radius 3 is 1.34 bits per heavy atom. The fourth-order valence-corrected chi connectivity index (χ4v) is 3.85. The molecule has 17 heteroatoms. The van der Waals surface area contributed by atoms with Crippen LogP contribution in [-0.4, -0.2) is 12.7 Å². The first-order chi connectivity index (χ1) is 19.9. The first kappa shape index (κ1) is 42.4. The Hall–Kier alpha value is -1.62. The first-order valence-electron chi connectivity index (χ1n) is 10.7. The molecule has 0 N–H and O–H groups in total. The monoisotopic (exact) mass is 946 g/mol. The molecular weight excluding hydrogens is 934 g/mol. The van der Waals surface area contributed by atoms with Crippen LogP contribution in [0.2, 0.25) is 0 Å². The van der Waals surface area contributed by atoms with Gasteiger partial charge in [0.1, 0.15) is 29.0 Å².